The van der Waals surface area contributed by atoms with Gasteiger partial charge in [-0.15, -0.1) is 0 Å². The first kappa shape index (κ1) is 20.4. The fourth-order valence-corrected chi connectivity index (χ4v) is 3.41. The Hall–Kier alpha value is -2.31. The van der Waals surface area contributed by atoms with E-state index in [1.54, 1.807) is 6.07 Å². The lowest BCUT2D eigenvalue weighted by Gasteiger charge is -2.22. The molecule has 1 N–H and O–H groups in total. The highest BCUT2D eigenvalue weighted by atomic mass is 16.5. The summed E-state index contributed by atoms with van der Waals surface area (Å²) in [7, 11) is 1.33. The van der Waals surface area contributed by atoms with Gasteiger partial charge in [0.05, 0.1) is 19.4 Å². The van der Waals surface area contributed by atoms with Gasteiger partial charge in [0.2, 0.25) is 5.88 Å². The van der Waals surface area contributed by atoms with Crippen LogP contribution in [-0.2, 0) is 9.53 Å². The quantitative estimate of drug-likeness (QED) is 0.654. The first-order chi connectivity index (χ1) is 13.5. The van der Waals surface area contributed by atoms with Crippen LogP contribution in [0.2, 0.25) is 0 Å². The zero-order valence-corrected chi connectivity index (χ0v) is 17.1. The smallest absolute Gasteiger partial charge is 0.328 e. The highest BCUT2D eigenvalue weighted by Gasteiger charge is 2.27. The molecule has 2 aliphatic rings. The number of amides is 1. The van der Waals surface area contributed by atoms with E-state index >= 15 is 0 Å². The highest BCUT2D eigenvalue weighted by Crippen LogP contribution is 2.33. The number of hydrogen-bond donors (Lipinski definition) is 1. The molecule has 0 bridgehead atoms. The molecule has 0 spiro atoms. The largest absolute Gasteiger partial charge is 0.476 e. The first-order valence-corrected chi connectivity index (χ1v) is 10.3. The maximum atomic E-state index is 12.7. The van der Waals surface area contributed by atoms with Crippen LogP contribution in [0.1, 0.15) is 56.4 Å². The van der Waals surface area contributed by atoms with Gasteiger partial charge in [-0.25, -0.2) is 9.78 Å². The third-order valence-corrected chi connectivity index (χ3v) is 5.17. The Balaban J connectivity index is 1.76. The number of nitrogens with zero attached hydrogens (tertiary/aromatic N) is 2. The number of aromatic nitrogens is 1. The predicted molar refractivity (Wildman–Crippen MR) is 107 cm³/mol. The number of ether oxygens (including phenoxy) is 2. The molecular weight excluding hydrogens is 358 g/mol. The summed E-state index contributed by atoms with van der Waals surface area (Å²) in [5.74, 6) is 0.522. The van der Waals surface area contributed by atoms with Crippen LogP contribution >= 0.6 is 0 Å². The number of rotatable bonds is 9. The molecule has 2 heterocycles. The van der Waals surface area contributed by atoms with Crippen molar-refractivity contribution in [1.82, 2.24) is 10.3 Å². The number of anilines is 1. The lowest BCUT2D eigenvalue weighted by Crippen LogP contribution is -2.42. The van der Waals surface area contributed by atoms with E-state index in [-0.39, 0.29) is 17.5 Å². The molecule has 28 heavy (non-hydrogen) atoms. The summed E-state index contributed by atoms with van der Waals surface area (Å²) in [6.45, 7) is 6.58. The van der Waals surface area contributed by atoms with E-state index in [2.05, 4.69) is 15.2 Å². The number of hydrogen-bond acceptors (Lipinski definition) is 6. The van der Waals surface area contributed by atoms with E-state index in [0.717, 1.165) is 31.6 Å². The topological polar surface area (TPSA) is 80.8 Å². The summed E-state index contributed by atoms with van der Waals surface area (Å²) in [4.78, 5) is 31.5. The third kappa shape index (κ3) is 5.36. The Kier molecular flexibility index (Phi) is 6.75. The van der Waals surface area contributed by atoms with Crippen LogP contribution in [0.5, 0.6) is 5.88 Å². The molecule has 1 amide bonds. The van der Waals surface area contributed by atoms with Crippen LogP contribution in [0.15, 0.2) is 12.1 Å². The second-order valence-corrected chi connectivity index (χ2v) is 8.15. The molecule has 1 unspecified atom stereocenters. The van der Waals surface area contributed by atoms with Crippen LogP contribution in [0, 0.1) is 11.8 Å². The van der Waals surface area contributed by atoms with E-state index in [4.69, 9.17) is 9.47 Å². The molecule has 154 valence electrons. The zero-order chi connectivity index (χ0) is 20.1. The van der Waals surface area contributed by atoms with Crippen LogP contribution in [-0.4, -0.2) is 49.7 Å². The first-order valence-electron chi connectivity index (χ1n) is 10.3. The summed E-state index contributed by atoms with van der Waals surface area (Å²) in [6, 6.07) is 2.93. The second kappa shape index (κ2) is 9.26. The van der Waals surface area contributed by atoms with Gasteiger partial charge in [0.15, 0.2) is 0 Å². The Morgan fingerprint density at radius 2 is 1.96 bits per heavy atom. The van der Waals surface area contributed by atoms with Crippen molar-refractivity contribution < 1.29 is 19.1 Å². The number of methoxy groups -OCH3 is 1. The molecule has 1 aliphatic heterocycles. The lowest BCUT2D eigenvalue weighted by molar-refractivity contribution is -0.143. The Bertz CT molecular complexity index is 697. The minimum absolute atomic E-state index is 0.243. The minimum Gasteiger partial charge on any atom is -0.476 e. The SMILES string of the molecule is COC(=O)C(CC(C)C)NC(=O)c1ccc(N2CCCC2)c(OCC2CC2)n1. The van der Waals surface area contributed by atoms with Crippen LogP contribution in [0.3, 0.4) is 0 Å². The van der Waals surface area contributed by atoms with Crippen LogP contribution in [0.4, 0.5) is 5.69 Å². The average molecular weight is 389 g/mol. The van der Waals surface area contributed by atoms with Crippen LogP contribution < -0.4 is 15.0 Å². The summed E-state index contributed by atoms with van der Waals surface area (Å²) < 4.78 is 10.8. The monoisotopic (exact) mass is 389 g/mol. The molecule has 0 aromatic carbocycles. The molecule has 2 fully saturated rings. The van der Waals surface area contributed by atoms with Crippen molar-refractivity contribution in [3.8, 4) is 5.88 Å². The minimum atomic E-state index is -0.687. The Morgan fingerprint density at radius 3 is 2.57 bits per heavy atom. The molecule has 1 aromatic rings. The molecule has 3 rings (SSSR count). The maximum Gasteiger partial charge on any atom is 0.328 e. The lowest BCUT2D eigenvalue weighted by atomic mass is 10.0. The molecule has 1 atom stereocenters. The van der Waals surface area contributed by atoms with E-state index < -0.39 is 12.0 Å². The molecule has 7 nitrogen and oxygen atoms in total. The molecule has 1 aliphatic carbocycles. The summed E-state index contributed by atoms with van der Waals surface area (Å²) in [5.41, 5.74) is 1.20. The van der Waals surface area contributed by atoms with Gasteiger partial charge in [-0.05, 0) is 56.1 Å². The van der Waals surface area contributed by atoms with Gasteiger partial charge in [-0.1, -0.05) is 13.8 Å². The van der Waals surface area contributed by atoms with Gasteiger partial charge in [-0.3, -0.25) is 4.79 Å². The van der Waals surface area contributed by atoms with Gasteiger partial charge < -0.3 is 19.7 Å². The molecule has 0 radical (unpaired) electrons. The Morgan fingerprint density at radius 1 is 1.25 bits per heavy atom. The third-order valence-electron chi connectivity index (χ3n) is 5.17. The van der Waals surface area contributed by atoms with Crippen molar-refractivity contribution >= 4 is 17.6 Å². The van der Waals surface area contributed by atoms with E-state index in [1.165, 1.54) is 20.0 Å². The van der Waals surface area contributed by atoms with Crippen molar-refractivity contribution in [2.24, 2.45) is 11.8 Å². The molecule has 1 saturated heterocycles. The van der Waals surface area contributed by atoms with E-state index in [1.807, 2.05) is 19.9 Å². The van der Waals surface area contributed by atoms with Crippen molar-refractivity contribution in [2.45, 2.75) is 52.0 Å². The second-order valence-electron chi connectivity index (χ2n) is 8.15. The molecular formula is C21H31N3O4. The van der Waals surface area contributed by atoms with Crippen molar-refractivity contribution in [1.29, 1.82) is 0 Å². The van der Waals surface area contributed by atoms with Gasteiger partial charge in [0.25, 0.3) is 5.91 Å². The number of pyridine rings is 1. The zero-order valence-electron chi connectivity index (χ0n) is 17.1. The van der Waals surface area contributed by atoms with E-state index in [9.17, 15) is 9.59 Å². The fourth-order valence-electron chi connectivity index (χ4n) is 3.41. The number of carbonyl (C=O) groups excluding carboxylic acids is 2. The van der Waals surface area contributed by atoms with Gasteiger partial charge in [0.1, 0.15) is 11.7 Å². The van der Waals surface area contributed by atoms with Crippen molar-refractivity contribution in [3.05, 3.63) is 17.8 Å². The summed E-state index contributed by atoms with van der Waals surface area (Å²) in [5, 5.41) is 2.76. The predicted octanol–water partition coefficient (Wildman–Crippen LogP) is 2.79. The number of carbonyl (C=O) groups is 2. The fraction of sp³-hybridized carbons (Fsp3) is 0.667. The standard InChI is InChI=1S/C21H31N3O4/c1-14(2)12-17(21(26)27-3)22-19(25)16-8-9-18(24-10-4-5-11-24)20(23-16)28-13-15-6-7-15/h8-9,14-15,17H,4-7,10-13H2,1-3H3,(H,22,25). The molecule has 1 aromatic heterocycles. The van der Waals surface area contributed by atoms with Gasteiger partial charge in [0, 0.05) is 13.1 Å². The summed E-state index contributed by atoms with van der Waals surface area (Å²) in [6.07, 6.45) is 5.19. The number of esters is 1. The normalized spacial score (nSPS) is 17.5. The van der Waals surface area contributed by atoms with Crippen molar-refractivity contribution in [3.63, 3.8) is 0 Å². The highest BCUT2D eigenvalue weighted by molar-refractivity contribution is 5.95. The summed E-state index contributed by atoms with van der Waals surface area (Å²) >= 11 is 0. The van der Waals surface area contributed by atoms with Crippen LogP contribution in [0.25, 0.3) is 0 Å². The van der Waals surface area contributed by atoms with Crippen molar-refractivity contribution in [2.75, 3.05) is 31.7 Å². The van der Waals surface area contributed by atoms with Gasteiger partial charge >= 0.3 is 5.97 Å². The maximum absolute atomic E-state index is 12.7. The van der Waals surface area contributed by atoms with Gasteiger partial charge in [-0.2, -0.15) is 0 Å². The number of nitrogens with one attached hydrogen (secondary N) is 1. The molecule has 1 saturated carbocycles. The van der Waals surface area contributed by atoms with E-state index in [0.29, 0.717) is 24.8 Å². The average Bonchev–Trinajstić information content (AvgIpc) is 3.35. The Labute approximate surface area is 166 Å². The molecule has 7 heteroatoms.